The van der Waals surface area contributed by atoms with E-state index in [1.165, 1.54) is 0 Å². The molecule has 0 amide bonds. The van der Waals surface area contributed by atoms with Crippen molar-refractivity contribution in [2.75, 3.05) is 50.2 Å². The van der Waals surface area contributed by atoms with E-state index in [1.54, 1.807) is 7.05 Å². The molecule has 2 N–H and O–H groups in total. The van der Waals surface area contributed by atoms with Gasteiger partial charge in [0, 0.05) is 13.6 Å². The van der Waals surface area contributed by atoms with Crippen molar-refractivity contribution < 1.29 is 14.6 Å². The van der Waals surface area contributed by atoms with Gasteiger partial charge in [0.1, 0.15) is 0 Å². The molecule has 1 aromatic heterocycles. The predicted octanol–water partition coefficient (Wildman–Crippen LogP) is -0.490. The molecule has 8 heteroatoms. The Hall–Kier alpha value is -1.67. The topological polar surface area (TPSA) is 92.6 Å². The van der Waals surface area contributed by atoms with Crippen molar-refractivity contribution in [3.8, 4) is 6.01 Å². The number of nitrogens with zero attached hydrogens (tertiary/aromatic N) is 4. The van der Waals surface area contributed by atoms with Crippen LogP contribution < -0.4 is 15.0 Å². The molecule has 2 heterocycles. The fourth-order valence-corrected chi connectivity index (χ4v) is 1.85. The first kappa shape index (κ1) is 13.8. The Bertz CT molecular complexity index is 417. The van der Waals surface area contributed by atoms with Crippen LogP contribution in [0.15, 0.2) is 0 Å². The molecule has 106 valence electrons. The van der Waals surface area contributed by atoms with Crippen LogP contribution in [-0.4, -0.2) is 66.1 Å². The smallest absolute Gasteiger partial charge is 0.323 e. The number of morpholine rings is 1. The van der Waals surface area contributed by atoms with E-state index in [9.17, 15) is 5.11 Å². The van der Waals surface area contributed by atoms with Crippen LogP contribution >= 0.6 is 0 Å². The fourth-order valence-electron chi connectivity index (χ4n) is 1.85. The van der Waals surface area contributed by atoms with Gasteiger partial charge in [-0.05, 0) is 6.92 Å². The van der Waals surface area contributed by atoms with Gasteiger partial charge in [-0.2, -0.15) is 15.0 Å². The highest BCUT2D eigenvalue weighted by Gasteiger charge is 2.25. The number of hydrogen-bond acceptors (Lipinski definition) is 8. The molecule has 0 radical (unpaired) electrons. The Morgan fingerprint density at radius 1 is 1.47 bits per heavy atom. The average Bonchev–Trinajstić information content (AvgIpc) is 2.47. The number of hydrogen-bond donors (Lipinski definition) is 2. The van der Waals surface area contributed by atoms with Crippen LogP contribution in [0.2, 0.25) is 0 Å². The maximum absolute atomic E-state index is 9.38. The Morgan fingerprint density at radius 3 is 3.00 bits per heavy atom. The lowest BCUT2D eigenvalue weighted by atomic mass is 10.2. The first-order valence-electron chi connectivity index (χ1n) is 6.30. The zero-order chi connectivity index (χ0) is 13.7. The molecule has 0 aromatic carbocycles. The number of rotatable bonds is 5. The summed E-state index contributed by atoms with van der Waals surface area (Å²) in [6.45, 7) is 4.02. The maximum Gasteiger partial charge on any atom is 0.323 e. The summed E-state index contributed by atoms with van der Waals surface area (Å²) in [6.07, 6.45) is 0. The molecule has 1 aliphatic heterocycles. The Morgan fingerprint density at radius 2 is 2.32 bits per heavy atom. The molecular weight excluding hydrogens is 250 g/mol. The molecular formula is C11H19N5O3. The van der Waals surface area contributed by atoms with E-state index >= 15 is 0 Å². The van der Waals surface area contributed by atoms with E-state index in [0.29, 0.717) is 38.3 Å². The predicted molar refractivity (Wildman–Crippen MR) is 69.6 cm³/mol. The van der Waals surface area contributed by atoms with Crippen molar-refractivity contribution in [3.63, 3.8) is 0 Å². The van der Waals surface area contributed by atoms with Crippen molar-refractivity contribution in [2.45, 2.75) is 13.0 Å². The third-order valence-electron chi connectivity index (χ3n) is 2.80. The standard InChI is InChI=1S/C11H19N5O3/c1-3-19-11-14-9(12-2)13-10(15-11)16-4-5-18-7-8(16)6-17/h8,17H,3-7H2,1-2H3,(H,12,13,14,15). The second-order valence-electron chi connectivity index (χ2n) is 4.03. The summed E-state index contributed by atoms with van der Waals surface area (Å²) in [4.78, 5) is 14.6. The minimum Gasteiger partial charge on any atom is -0.464 e. The van der Waals surface area contributed by atoms with Crippen molar-refractivity contribution in [1.82, 2.24) is 15.0 Å². The highest BCUT2D eigenvalue weighted by atomic mass is 16.5. The second kappa shape index (κ2) is 6.48. The first-order chi connectivity index (χ1) is 9.28. The molecule has 1 unspecified atom stereocenters. The van der Waals surface area contributed by atoms with Gasteiger partial charge in [0.05, 0.1) is 32.5 Å². The normalized spacial score (nSPS) is 19.3. The number of nitrogens with one attached hydrogen (secondary N) is 1. The lowest BCUT2D eigenvalue weighted by Crippen LogP contribution is -2.48. The van der Waals surface area contributed by atoms with Crippen LogP contribution in [0, 0.1) is 0 Å². The van der Waals surface area contributed by atoms with Gasteiger partial charge in [-0.25, -0.2) is 0 Å². The number of aliphatic hydroxyl groups excluding tert-OH is 1. The molecule has 1 atom stereocenters. The molecule has 19 heavy (non-hydrogen) atoms. The van der Waals surface area contributed by atoms with Gasteiger partial charge >= 0.3 is 6.01 Å². The van der Waals surface area contributed by atoms with E-state index in [0.717, 1.165) is 0 Å². The van der Waals surface area contributed by atoms with Crippen LogP contribution in [0.3, 0.4) is 0 Å². The summed E-state index contributed by atoms with van der Waals surface area (Å²) in [6, 6.07) is 0.135. The molecule has 1 fully saturated rings. The van der Waals surface area contributed by atoms with E-state index in [-0.39, 0.29) is 18.7 Å². The quantitative estimate of drug-likeness (QED) is 0.739. The third kappa shape index (κ3) is 3.21. The van der Waals surface area contributed by atoms with Gasteiger partial charge in [-0.15, -0.1) is 0 Å². The summed E-state index contributed by atoms with van der Waals surface area (Å²) < 4.78 is 10.7. The Kier molecular flexibility index (Phi) is 4.69. The highest BCUT2D eigenvalue weighted by molar-refractivity contribution is 5.39. The van der Waals surface area contributed by atoms with Crippen LogP contribution in [0.25, 0.3) is 0 Å². The maximum atomic E-state index is 9.38. The Balaban J connectivity index is 2.28. The minimum atomic E-state index is -0.143. The summed E-state index contributed by atoms with van der Waals surface area (Å²) >= 11 is 0. The fraction of sp³-hybridized carbons (Fsp3) is 0.727. The number of aromatic nitrogens is 3. The third-order valence-corrected chi connectivity index (χ3v) is 2.80. The van der Waals surface area contributed by atoms with Gasteiger partial charge in [0.25, 0.3) is 0 Å². The molecule has 0 spiro atoms. The van der Waals surface area contributed by atoms with Gasteiger partial charge in [0.15, 0.2) is 0 Å². The molecule has 0 aliphatic carbocycles. The van der Waals surface area contributed by atoms with Crippen LogP contribution in [0.5, 0.6) is 6.01 Å². The molecule has 1 aromatic rings. The van der Waals surface area contributed by atoms with E-state index in [2.05, 4.69) is 20.3 Å². The minimum absolute atomic E-state index is 0.00939. The van der Waals surface area contributed by atoms with Crippen molar-refractivity contribution in [2.24, 2.45) is 0 Å². The average molecular weight is 269 g/mol. The highest BCUT2D eigenvalue weighted by Crippen LogP contribution is 2.19. The van der Waals surface area contributed by atoms with Gasteiger partial charge < -0.3 is 24.8 Å². The van der Waals surface area contributed by atoms with Crippen molar-refractivity contribution >= 4 is 11.9 Å². The largest absolute Gasteiger partial charge is 0.464 e. The molecule has 0 saturated carbocycles. The van der Waals surface area contributed by atoms with Crippen molar-refractivity contribution in [1.29, 1.82) is 0 Å². The van der Waals surface area contributed by atoms with Gasteiger partial charge in [-0.1, -0.05) is 0 Å². The SMILES string of the molecule is CCOc1nc(NC)nc(N2CCOCC2CO)n1. The number of aliphatic hydroxyl groups is 1. The zero-order valence-corrected chi connectivity index (χ0v) is 11.2. The second-order valence-corrected chi connectivity index (χ2v) is 4.03. The Labute approximate surface area is 111 Å². The van der Waals surface area contributed by atoms with Gasteiger partial charge in [0.2, 0.25) is 11.9 Å². The summed E-state index contributed by atoms with van der Waals surface area (Å²) in [5.74, 6) is 0.932. The molecule has 1 aliphatic rings. The van der Waals surface area contributed by atoms with Crippen LogP contribution in [-0.2, 0) is 4.74 Å². The number of ether oxygens (including phenoxy) is 2. The molecule has 1 saturated heterocycles. The van der Waals surface area contributed by atoms with E-state index in [4.69, 9.17) is 9.47 Å². The van der Waals surface area contributed by atoms with Crippen LogP contribution in [0.1, 0.15) is 6.92 Å². The zero-order valence-electron chi connectivity index (χ0n) is 11.2. The molecule has 2 rings (SSSR count). The molecule has 8 nitrogen and oxygen atoms in total. The first-order valence-corrected chi connectivity index (χ1v) is 6.30. The monoisotopic (exact) mass is 269 g/mol. The lowest BCUT2D eigenvalue weighted by Gasteiger charge is -2.34. The van der Waals surface area contributed by atoms with E-state index in [1.807, 2.05) is 11.8 Å². The van der Waals surface area contributed by atoms with Gasteiger partial charge in [-0.3, -0.25) is 0 Å². The van der Waals surface area contributed by atoms with E-state index < -0.39 is 0 Å². The molecule has 0 bridgehead atoms. The van der Waals surface area contributed by atoms with Crippen molar-refractivity contribution in [3.05, 3.63) is 0 Å². The summed E-state index contributed by atoms with van der Waals surface area (Å²) in [7, 11) is 1.73. The summed E-state index contributed by atoms with van der Waals surface area (Å²) in [5, 5.41) is 12.3. The van der Waals surface area contributed by atoms with Crippen LogP contribution in [0.4, 0.5) is 11.9 Å². The lowest BCUT2D eigenvalue weighted by molar-refractivity contribution is 0.0717. The summed E-state index contributed by atoms with van der Waals surface area (Å²) in [5.41, 5.74) is 0. The number of anilines is 2.